The number of hydrogen-bond acceptors (Lipinski definition) is 7. The Kier molecular flexibility index (Phi) is 7.24. The summed E-state index contributed by atoms with van der Waals surface area (Å²) in [7, 11) is 2.86. The standard InChI is InChI=1S/C26H23FN4O5/c1-35-17-9-10-18(19(27)12-17)25(29-15-16-6-5-11-28-14-16)24-20(13-23(32)33)30-31(26(24)34)21-7-3-4-8-22(21)36-2/h3-12,14,29H,13,15H2,1-2H3,(H,32,33)/b25-24+. The highest BCUT2D eigenvalue weighted by atomic mass is 19.1. The lowest BCUT2D eigenvalue weighted by atomic mass is 9.99. The minimum Gasteiger partial charge on any atom is -0.497 e. The van der Waals surface area contributed by atoms with Gasteiger partial charge in [0.2, 0.25) is 0 Å². The number of ether oxygens (including phenoxy) is 2. The van der Waals surface area contributed by atoms with Crippen molar-refractivity contribution < 1.29 is 28.6 Å². The lowest BCUT2D eigenvalue weighted by Gasteiger charge is -2.18. The van der Waals surface area contributed by atoms with E-state index in [0.717, 1.165) is 10.6 Å². The highest BCUT2D eigenvalue weighted by Crippen LogP contribution is 2.35. The third-order valence-electron chi connectivity index (χ3n) is 5.44. The number of carboxylic acids is 1. The molecular formula is C26H23FN4O5. The van der Waals surface area contributed by atoms with E-state index in [1.54, 1.807) is 48.8 Å². The van der Waals surface area contributed by atoms with Crippen LogP contribution in [0.5, 0.6) is 11.5 Å². The van der Waals surface area contributed by atoms with Crippen molar-refractivity contribution in [1.29, 1.82) is 0 Å². The second-order valence-electron chi connectivity index (χ2n) is 7.72. The zero-order chi connectivity index (χ0) is 25.7. The van der Waals surface area contributed by atoms with E-state index in [4.69, 9.17) is 9.47 Å². The zero-order valence-electron chi connectivity index (χ0n) is 19.6. The number of carbonyl (C=O) groups excluding carboxylic acids is 1. The van der Waals surface area contributed by atoms with Gasteiger partial charge in [-0.3, -0.25) is 14.6 Å². The molecule has 0 saturated heterocycles. The van der Waals surface area contributed by atoms with Gasteiger partial charge in [0.15, 0.2) is 0 Å². The van der Waals surface area contributed by atoms with Gasteiger partial charge >= 0.3 is 5.97 Å². The van der Waals surface area contributed by atoms with E-state index in [2.05, 4.69) is 15.4 Å². The first-order valence-electron chi connectivity index (χ1n) is 10.9. The Bertz CT molecular complexity index is 1360. The maximum absolute atomic E-state index is 15.3. The molecule has 2 aromatic carbocycles. The number of carbonyl (C=O) groups is 2. The number of aromatic nitrogens is 1. The molecule has 36 heavy (non-hydrogen) atoms. The SMILES string of the molecule is COc1ccc(/C(NCc2cccnc2)=C2\C(=O)N(c3ccccc3OC)N=C2CC(=O)O)c(F)c1. The van der Waals surface area contributed by atoms with Gasteiger partial charge in [0.25, 0.3) is 5.91 Å². The number of benzene rings is 2. The number of rotatable bonds is 9. The van der Waals surface area contributed by atoms with Crippen molar-refractivity contribution in [3.8, 4) is 11.5 Å². The molecule has 2 heterocycles. The number of carboxylic acid groups (broad SMARTS) is 1. The maximum Gasteiger partial charge on any atom is 0.309 e. The van der Waals surface area contributed by atoms with Gasteiger partial charge in [-0.25, -0.2) is 4.39 Å². The predicted octanol–water partition coefficient (Wildman–Crippen LogP) is 3.62. The predicted molar refractivity (Wildman–Crippen MR) is 131 cm³/mol. The Morgan fingerprint density at radius 1 is 1.11 bits per heavy atom. The average molecular weight is 490 g/mol. The normalized spacial score (nSPS) is 14.4. The smallest absolute Gasteiger partial charge is 0.309 e. The molecule has 1 aliphatic rings. The van der Waals surface area contributed by atoms with Crippen LogP contribution in [0.3, 0.4) is 0 Å². The molecule has 3 aromatic rings. The summed E-state index contributed by atoms with van der Waals surface area (Å²) in [6.07, 6.45) is 2.70. The monoisotopic (exact) mass is 490 g/mol. The summed E-state index contributed by atoms with van der Waals surface area (Å²) in [5.74, 6) is -1.82. The topological polar surface area (TPSA) is 113 Å². The third-order valence-corrected chi connectivity index (χ3v) is 5.44. The quantitative estimate of drug-likeness (QED) is 0.441. The first-order valence-corrected chi connectivity index (χ1v) is 10.9. The molecule has 4 rings (SSSR count). The Balaban J connectivity index is 1.88. The first kappa shape index (κ1) is 24.4. The van der Waals surface area contributed by atoms with Crippen LogP contribution in [0.25, 0.3) is 5.70 Å². The number of pyridine rings is 1. The lowest BCUT2D eigenvalue weighted by Crippen LogP contribution is -2.26. The van der Waals surface area contributed by atoms with Crippen molar-refractivity contribution in [2.45, 2.75) is 13.0 Å². The van der Waals surface area contributed by atoms with Gasteiger partial charge in [-0.2, -0.15) is 10.1 Å². The largest absolute Gasteiger partial charge is 0.497 e. The second-order valence-corrected chi connectivity index (χ2v) is 7.72. The summed E-state index contributed by atoms with van der Waals surface area (Å²) < 4.78 is 25.7. The van der Waals surface area contributed by atoms with E-state index in [9.17, 15) is 14.7 Å². The maximum atomic E-state index is 15.3. The van der Waals surface area contributed by atoms with Crippen molar-refractivity contribution in [2.24, 2.45) is 5.10 Å². The van der Waals surface area contributed by atoms with Crippen molar-refractivity contribution in [1.82, 2.24) is 10.3 Å². The summed E-state index contributed by atoms with van der Waals surface area (Å²) in [5.41, 5.74) is 1.17. The number of aliphatic carboxylic acids is 1. The lowest BCUT2D eigenvalue weighted by molar-refractivity contribution is -0.135. The molecule has 10 heteroatoms. The number of hydrazone groups is 1. The molecule has 1 amide bonds. The molecule has 0 unspecified atom stereocenters. The van der Waals surface area contributed by atoms with Gasteiger partial charge in [-0.05, 0) is 35.9 Å². The molecule has 2 N–H and O–H groups in total. The molecule has 9 nitrogen and oxygen atoms in total. The Hall–Kier alpha value is -4.73. The van der Waals surface area contributed by atoms with Crippen LogP contribution in [-0.4, -0.2) is 41.9 Å². The van der Waals surface area contributed by atoms with E-state index in [1.807, 2.05) is 6.07 Å². The number of halogens is 1. The summed E-state index contributed by atoms with van der Waals surface area (Å²) >= 11 is 0. The summed E-state index contributed by atoms with van der Waals surface area (Å²) in [6.45, 7) is 0.195. The highest BCUT2D eigenvalue weighted by Gasteiger charge is 2.37. The minimum absolute atomic E-state index is 0.0256. The Morgan fingerprint density at radius 3 is 2.58 bits per heavy atom. The van der Waals surface area contributed by atoms with E-state index in [0.29, 0.717) is 17.2 Å². The number of methoxy groups -OCH3 is 2. The van der Waals surface area contributed by atoms with Crippen LogP contribution in [0.4, 0.5) is 10.1 Å². The van der Waals surface area contributed by atoms with Gasteiger partial charge in [0.05, 0.1) is 37.6 Å². The van der Waals surface area contributed by atoms with Crippen molar-refractivity contribution in [3.05, 3.63) is 89.5 Å². The number of amides is 1. The molecule has 184 valence electrons. The van der Waals surface area contributed by atoms with E-state index in [-0.39, 0.29) is 29.1 Å². The van der Waals surface area contributed by atoms with Crippen LogP contribution >= 0.6 is 0 Å². The van der Waals surface area contributed by atoms with Gasteiger partial charge in [0.1, 0.15) is 23.0 Å². The molecule has 0 saturated carbocycles. The van der Waals surface area contributed by atoms with Crippen molar-refractivity contribution >= 4 is 29.0 Å². The molecule has 0 radical (unpaired) electrons. The number of nitrogens with zero attached hydrogens (tertiary/aromatic N) is 3. The molecule has 1 aromatic heterocycles. The van der Waals surface area contributed by atoms with Crippen LogP contribution in [-0.2, 0) is 16.1 Å². The van der Waals surface area contributed by atoms with Crippen molar-refractivity contribution in [3.63, 3.8) is 0 Å². The van der Waals surface area contributed by atoms with Crippen LogP contribution < -0.4 is 19.8 Å². The highest BCUT2D eigenvalue weighted by molar-refractivity contribution is 6.36. The van der Waals surface area contributed by atoms with Gasteiger partial charge < -0.3 is 19.9 Å². The Labute approximate surface area is 206 Å². The fraction of sp³-hybridized carbons (Fsp3) is 0.154. The molecule has 0 bridgehead atoms. The number of hydrogen-bond donors (Lipinski definition) is 2. The zero-order valence-corrected chi connectivity index (χ0v) is 19.6. The van der Waals surface area contributed by atoms with Crippen LogP contribution in [0.15, 0.2) is 77.7 Å². The summed E-state index contributed by atoms with van der Waals surface area (Å²) in [6, 6.07) is 14.5. The van der Waals surface area contributed by atoms with Gasteiger partial charge in [-0.1, -0.05) is 18.2 Å². The minimum atomic E-state index is -1.19. The van der Waals surface area contributed by atoms with Crippen LogP contribution in [0.2, 0.25) is 0 Å². The fourth-order valence-corrected chi connectivity index (χ4v) is 3.77. The van der Waals surface area contributed by atoms with Crippen LogP contribution in [0, 0.1) is 5.82 Å². The number of anilines is 1. The molecular weight excluding hydrogens is 467 g/mol. The first-order chi connectivity index (χ1) is 17.4. The molecule has 0 spiro atoms. The Morgan fingerprint density at radius 2 is 1.92 bits per heavy atom. The molecule has 0 atom stereocenters. The summed E-state index contributed by atoms with van der Waals surface area (Å²) in [5, 5.41) is 18.0. The molecule has 0 aliphatic carbocycles. The van der Waals surface area contributed by atoms with E-state index < -0.39 is 24.1 Å². The van der Waals surface area contributed by atoms with Gasteiger partial charge in [0, 0.05) is 30.6 Å². The number of nitrogens with one attached hydrogen (secondary N) is 1. The van der Waals surface area contributed by atoms with Crippen molar-refractivity contribution in [2.75, 3.05) is 19.2 Å². The third kappa shape index (κ3) is 5.02. The molecule has 0 fully saturated rings. The van der Waals surface area contributed by atoms with Gasteiger partial charge in [-0.15, -0.1) is 0 Å². The van der Waals surface area contributed by atoms with Crippen LogP contribution in [0.1, 0.15) is 17.5 Å². The number of para-hydroxylation sites is 2. The van der Waals surface area contributed by atoms with E-state index >= 15 is 4.39 Å². The second kappa shape index (κ2) is 10.7. The van der Waals surface area contributed by atoms with E-state index in [1.165, 1.54) is 26.4 Å². The molecule has 1 aliphatic heterocycles. The fourth-order valence-electron chi connectivity index (χ4n) is 3.77. The average Bonchev–Trinajstić information content (AvgIpc) is 3.20. The summed E-state index contributed by atoms with van der Waals surface area (Å²) in [4.78, 5) is 29.5.